The van der Waals surface area contributed by atoms with Crippen LogP contribution < -0.4 is 14.4 Å². The van der Waals surface area contributed by atoms with Gasteiger partial charge in [0.1, 0.15) is 18.4 Å². The monoisotopic (exact) mass is 406 g/mol. The number of amides is 1. The first-order chi connectivity index (χ1) is 14.2. The number of nitrogens with zero attached hydrogens (tertiary/aromatic N) is 2. The normalized spacial score (nSPS) is 12.7. The molecule has 0 aliphatic carbocycles. The molecule has 0 bridgehead atoms. The number of benzene rings is 2. The number of fused-ring (bicyclic) bond motifs is 1. The van der Waals surface area contributed by atoms with Crippen LogP contribution in [0.4, 0.5) is 5.69 Å². The largest absolute Gasteiger partial charge is 0.486 e. The lowest BCUT2D eigenvalue weighted by atomic mass is 10.2. The third kappa shape index (κ3) is 4.41. The van der Waals surface area contributed by atoms with Crippen molar-refractivity contribution in [2.24, 2.45) is 0 Å². The number of halogens is 1. The fourth-order valence-electron chi connectivity index (χ4n) is 3.05. The Balaban J connectivity index is 1.66. The van der Waals surface area contributed by atoms with Gasteiger partial charge in [0, 0.05) is 24.5 Å². The number of anilines is 1. The highest BCUT2D eigenvalue weighted by Gasteiger charge is 2.22. The highest BCUT2D eigenvalue weighted by molar-refractivity contribution is 6.33. The van der Waals surface area contributed by atoms with E-state index in [1.165, 1.54) is 0 Å². The molecule has 0 saturated heterocycles. The Morgan fingerprint density at radius 1 is 1.03 bits per heavy atom. The fraction of sp³-hybridized carbons (Fsp3) is 0.130. The molecule has 0 radical (unpaired) electrons. The van der Waals surface area contributed by atoms with Gasteiger partial charge < -0.3 is 14.4 Å². The van der Waals surface area contributed by atoms with Crippen molar-refractivity contribution >= 4 is 29.3 Å². The van der Waals surface area contributed by atoms with Crippen LogP contribution in [0.2, 0.25) is 5.15 Å². The first-order valence-electron chi connectivity index (χ1n) is 9.26. The van der Waals surface area contributed by atoms with Crippen molar-refractivity contribution in [1.82, 2.24) is 4.98 Å². The van der Waals surface area contributed by atoms with Gasteiger partial charge in [0.05, 0.1) is 5.56 Å². The van der Waals surface area contributed by atoms with Crippen molar-refractivity contribution in [3.05, 3.63) is 89.2 Å². The Bertz CT molecular complexity index is 1040. The molecule has 1 aromatic heterocycles. The summed E-state index contributed by atoms with van der Waals surface area (Å²) < 4.78 is 11.3. The SMILES string of the molecule is O=C(c1cccnc1Cl)N(CC=Cc1ccccc1)c1ccc2c(c1)OCCO2. The van der Waals surface area contributed by atoms with Gasteiger partial charge in [-0.1, -0.05) is 54.1 Å². The Kier molecular flexibility index (Phi) is 5.77. The first kappa shape index (κ1) is 19.0. The van der Waals surface area contributed by atoms with Crippen LogP contribution in [0.3, 0.4) is 0 Å². The molecule has 3 aromatic rings. The van der Waals surface area contributed by atoms with Crippen LogP contribution in [0.15, 0.2) is 72.9 Å². The highest BCUT2D eigenvalue weighted by atomic mass is 35.5. The number of aromatic nitrogens is 1. The number of ether oxygens (including phenoxy) is 2. The molecule has 2 heterocycles. The quantitative estimate of drug-likeness (QED) is 0.567. The van der Waals surface area contributed by atoms with E-state index in [4.69, 9.17) is 21.1 Å². The second-order valence-electron chi connectivity index (χ2n) is 6.40. The molecule has 0 spiro atoms. The lowest BCUT2D eigenvalue weighted by Gasteiger charge is -2.25. The van der Waals surface area contributed by atoms with E-state index < -0.39 is 0 Å². The summed E-state index contributed by atoms with van der Waals surface area (Å²) in [5, 5.41) is 0.173. The van der Waals surface area contributed by atoms with Crippen molar-refractivity contribution in [1.29, 1.82) is 0 Å². The van der Waals surface area contributed by atoms with E-state index in [2.05, 4.69) is 4.98 Å². The Morgan fingerprint density at radius 2 is 1.83 bits per heavy atom. The van der Waals surface area contributed by atoms with Crippen LogP contribution >= 0.6 is 11.6 Å². The predicted octanol–water partition coefficient (Wildman–Crippen LogP) is 4.87. The van der Waals surface area contributed by atoms with Crippen LogP contribution in [0.5, 0.6) is 11.5 Å². The van der Waals surface area contributed by atoms with E-state index >= 15 is 0 Å². The smallest absolute Gasteiger partial charge is 0.261 e. The minimum absolute atomic E-state index is 0.173. The van der Waals surface area contributed by atoms with E-state index in [9.17, 15) is 4.79 Å². The molecule has 0 saturated carbocycles. The second kappa shape index (κ2) is 8.80. The van der Waals surface area contributed by atoms with Crippen molar-refractivity contribution in [2.75, 3.05) is 24.7 Å². The molecular weight excluding hydrogens is 388 g/mol. The molecule has 0 unspecified atom stereocenters. The van der Waals surface area contributed by atoms with E-state index in [0.29, 0.717) is 42.5 Å². The van der Waals surface area contributed by atoms with Crippen molar-refractivity contribution in [2.45, 2.75) is 0 Å². The minimum atomic E-state index is -0.238. The zero-order chi connectivity index (χ0) is 20.1. The van der Waals surface area contributed by atoms with E-state index in [-0.39, 0.29) is 11.1 Å². The fourth-order valence-corrected chi connectivity index (χ4v) is 3.25. The van der Waals surface area contributed by atoms with Gasteiger partial charge in [-0.05, 0) is 29.8 Å². The molecule has 1 amide bonds. The molecular formula is C23H19ClN2O3. The standard InChI is InChI=1S/C23H19ClN2O3/c24-22-19(9-4-12-25-22)23(27)26(13-5-8-17-6-2-1-3-7-17)18-10-11-20-21(16-18)29-15-14-28-20/h1-12,16H,13-15H2. The summed E-state index contributed by atoms with van der Waals surface area (Å²) in [5.74, 6) is 1.06. The molecule has 0 N–H and O–H groups in total. The van der Waals surface area contributed by atoms with Crippen LogP contribution in [0.25, 0.3) is 6.08 Å². The van der Waals surface area contributed by atoms with Gasteiger partial charge >= 0.3 is 0 Å². The minimum Gasteiger partial charge on any atom is -0.486 e. The molecule has 1 aliphatic heterocycles. The van der Waals surface area contributed by atoms with Gasteiger partial charge in [0.25, 0.3) is 5.91 Å². The van der Waals surface area contributed by atoms with Crippen LogP contribution in [0.1, 0.15) is 15.9 Å². The molecule has 0 fully saturated rings. The molecule has 29 heavy (non-hydrogen) atoms. The molecule has 1 aliphatic rings. The summed E-state index contributed by atoms with van der Waals surface area (Å²) in [7, 11) is 0. The topological polar surface area (TPSA) is 51.7 Å². The molecule has 2 aromatic carbocycles. The summed E-state index contributed by atoms with van der Waals surface area (Å²) in [6.07, 6.45) is 5.47. The molecule has 4 rings (SSSR count). The molecule has 6 heteroatoms. The maximum absolute atomic E-state index is 13.3. The summed E-state index contributed by atoms with van der Waals surface area (Å²) >= 11 is 6.17. The average molecular weight is 407 g/mol. The van der Waals surface area contributed by atoms with E-state index in [0.717, 1.165) is 5.56 Å². The maximum Gasteiger partial charge on any atom is 0.261 e. The summed E-state index contributed by atoms with van der Waals surface area (Å²) in [5.41, 5.74) is 2.09. The molecule has 0 atom stereocenters. The number of rotatable bonds is 5. The Hall–Kier alpha value is -3.31. The first-order valence-corrected chi connectivity index (χ1v) is 9.64. The van der Waals surface area contributed by atoms with E-state index in [1.54, 1.807) is 23.2 Å². The molecule has 5 nitrogen and oxygen atoms in total. The number of hydrogen-bond acceptors (Lipinski definition) is 4. The van der Waals surface area contributed by atoms with Gasteiger partial charge in [0.2, 0.25) is 0 Å². The van der Waals surface area contributed by atoms with Crippen LogP contribution in [-0.4, -0.2) is 30.6 Å². The predicted molar refractivity (Wildman–Crippen MR) is 114 cm³/mol. The zero-order valence-corrected chi connectivity index (χ0v) is 16.4. The number of carbonyl (C=O) groups excluding carboxylic acids is 1. The number of pyridine rings is 1. The lowest BCUT2D eigenvalue weighted by molar-refractivity contribution is 0.0989. The molecule has 146 valence electrons. The maximum atomic E-state index is 13.3. The third-order valence-electron chi connectivity index (χ3n) is 4.47. The van der Waals surface area contributed by atoms with Gasteiger partial charge in [0.15, 0.2) is 11.5 Å². The summed E-state index contributed by atoms with van der Waals surface area (Å²) in [6.45, 7) is 1.35. The summed E-state index contributed by atoms with van der Waals surface area (Å²) in [4.78, 5) is 18.9. The summed E-state index contributed by atoms with van der Waals surface area (Å²) in [6, 6.07) is 18.7. The number of carbonyl (C=O) groups is 1. The van der Waals surface area contributed by atoms with Crippen molar-refractivity contribution in [3.8, 4) is 11.5 Å². The second-order valence-corrected chi connectivity index (χ2v) is 6.76. The van der Waals surface area contributed by atoms with Gasteiger partial charge in [-0.2, -0.15) is 0 Å². The van der Waals surface area contributed by atoms with Crippen molar-refractivity contribution in [3.63, 3.8) is 0 Å². The van der Waals surface area contributed by atoms with Crippen molar-refractivity contribution < 1.29 is 14.3 Å². The van der Waals surface area contributed by atoms with Gasteiger partial charge in [-0.25, -0.2) is 4.98 Å². The van der Waals surface area contributed by atoms with E-state index in [1.807, 2.05) is 60.7 Å². The van der Waals surface area contributed by atoms with Gasteiger partial charge in [-0.15, -0.1) is 0 Å². The lowest BCUT2D eigenvalue weighted by Crippen LogP contribution is -2.31. The Labute approximate surface area is 174 Å². The van der Waals surface area contributed by atoms with Crippen LogP contribution in [0, 0.1) is 0 Å². The van der Waals surface area contributed by atoms with Gasteiger partial charge in [-0.3, -0.25) is 4.79 Å². The average Bonchev–Trinajstić information content (AvgIpc) is 2.77. The highest BCUT2D eigenvalue weighted by Crippen LogP contribution is 2.34. The third-order valence-corrected chi connectivity index (χ3v) is 4.77. The van der Waals surface area contributed by atoms with Crippen LogP contribution in [-0.2, 0) is 0 Å². The Morgan fingerprint density at radius 3 is 2.62 bits per heavy atom. The zero-order valence-electron chi connectivity index (χ0n) is 15.6. The number of hydrogen-bond donors (Lipinski definition) is 0.